The lowest BCUT2D eigenvalue weighted by Gasteiger charge is -2.30. The first kappa shape index (κ1) is 44.6. The van der Waals surface area contributed by atoms with Crippen LogP contribution in [0.15, 0.2) is 158 Å². The number of hydrogen-bond donors (Lipinski definition) is 0. The van der Waals surface area contributed by atoms with Crippen LogP contribution < -0.4 is 14.5 Å². The molecule has 7 aromatic carbocycles. The molecule has 5 nitrogen and oxygen atoms in total. The molecule has 1 aliphatic rings. The van der Waals surface area contributed by atoms with Crippen LogP contribution in [-0.2, 0) is 5.41 Å². The van der Waals surface area contributed by atoms with Crippen LogP contribution in [0, 0.1) is 11.6 Å². The maximum Gasteiger partial charge on any atom is 0.137 e. The highest BCUT2D eigenvalue weighted by molar-refractivity contribution is 6.09. The lowest BCUT2D eigenvalue weighted by atomic mass is 9.85. The molecule has 0 amide bonds. The van der Waals surface area contributed by atoms with Crippen molar-refractivity contribution in [2.75, 3.05) is 16.5 Å². The fourth-order valence-corrected chi connectivity index (χ4v) is 9.81. The molecule has 0 aliphatic carbocycles. The van der Waals surface area contributed by atoms with E-state index in [9.17, 15) is 4.39 Å². The number of nitrogens with zero attached hydrogens (tertiary/aromatic N) is 4. The summed E-state index contributed by atoms with van der Waals surface area (Å²) in [6.07, 6.45) is 1.83. The highest BCUT2D eigenvalue weighted by atomic mass is 19.1. The minimum absolute atomic E-state index is 0.0444. The van der Waals surface area contributed by atoms with Crippen LogP contribution in [-0.4, -0.2) is 16.2 Å². The monoisotopic (exact) mass is 900 g/mol. The van der Waals surface area contributed by atoms with Gasteiger partial charge in [0, 0.05) is 52.1 Å². The average Bonchev–Trinajstić information content (AvgIpc) is 3.86. The maximum absolute atomic E-state index is 15.5. The van der Waals surface area contributed by atoms with Crippen molar-refractivity contribution in [2.24, 2.45) is 0 Å². The number of hydrogen-bond acceptors (Lipinski definition) is 4. The largest absolute Gasteiger partial charge is 0.457 e. The normalized spacial score (nSPS) is 12.9. The SMILES string of the molecule is CC(C)c1ccc2c(c1)N(c1c(C(C)C)cc(-c3ccc(F)cc3F)cc1C(C)C)CN2c1cc(Oc2ccc3c4ccccc4n(-c4ccccn4)c3c2)cc(-c2cccc(C(C)(C)C)c2)c1. The predicted octanol–water partition coefficient (Wildman–Crippen LogP) is 17.5. The third kappa shape index (κ3) is 8.18. The Bertz CT molecular complexity index is 3330. The van der Waals surface area contributed by atoms with E-state index in [1.165, 1.54) is 17.2 Å². The molecule has 0 saturated heterocycles. The Hall–Kier alpha value is -7.25. The zero-order valence-electron chi connectivity index (χ0n) is 40.4. The molecule has 7 heteroatoms. The average molecular weight is 901 g/mol. The smallest absolute Gasteiger partial charge is 0.137 e. The van der Waals surface area contributed by atoms with Crippen molar-refractivity contribution < 1.29 is 13.5 Å². The summed E-state index contributed by atoms with van der Waals surface area (Å²) in [4.78, 5) is 9.61. The first-order chi connectivity index (χ1) is 32.6. The molecule has 1 aliphatic heterocycles. The summed E-state index contributed by atoms with van der Waals surface area (Å²) in [5.41, 5.74) is 14.3. The number of fused-ring (bicyclic) bond motifs is 4. The van der Waals surface area contributed by atoms with E-state index < -0.39 is 11.6 Å². The molecule has 0 unspecified atom stereocenters. The molecule has 9 aromatic rings. The van der Waals surface area contributed by atoms with E-state index in [1.807, 2.05) is 24.4 Å². The quantitative estimate of drug-likeness (QED) is 0.137. The Morgan fingerprint density at radius 3 is 2.01 bits per heavy atom. The lowest BCUT2D eigenvalue weighted by molar-refractivity contribution is 0.483. The van der Waals surface area contributed by atoms with Gasteiger partial charge in [-0.1, -0.05) is 117 Å². The lowest BCUT2D eigenvalue weighted by Crippen LogP contribution is -2.26. The van der Waals surface area contributed by atoms with E-state index in [1.54, 1.807) is 6.07 Å². The molecule has 0 saturated carbocycles. The molecule has 2 aromatic heterocycles. The number of ether oxygens (including phenoxy) is 1. The van der Waals surface area contributed by atoms with Gasteiger partial charge < -0.3 is 14.5 Å². The van der Waals surface area contributed by atoms with E-state index in [0.29, 0.717) is 23.9 Å². The molecule has 0 radical (unpaired) electrons. The van der Waals surface area contributed by atoms with Crippen LogP contribution >= 0.6 is 0 Å². The Labute approximate surface area is 399 Å². The van der Waals surface area contributed by atoms with Gasteiger partial charge in [-0.15, -0.1) is 0 Å². The van der Waals surface area contributed by atoms with E-state index in [-0.39, 0.29) is 17.3 Å². The van der Waals surface area contributed by atoms with Crippen molar-refractivity contribution in [3.05, 3.63) is 192 Å². The second kappa shape index (κ2) is 17.4. The third-order valence-corrected chi connectivity index (χ3v) is 13.5. The summed E-state index contributed by atoms with van der Waals surface area (Å²) >= 11 is 0. The highest BCUT2D eigenvalue weighted by Crippen LogP contribution is 2.51. The standard InChI is InChI=1S/C61H58F2N4O/c1-37(2)40-20-25-56-58(32-40)66(60-52(38(3)4)30-43(31-53(60)39(5)6)49-23-21-45(62)33-54(49)63)36-65(56)46-28-42(41-15-14-16-44(27-41)61(7,8)9)29-48(34-46)68-47-22-24-51-50-17-10-11-18-55(50)67(57(51)35-47)59-19-12-13-26-64-59/h10-35,37-39H,36H2,1-9H3. The number of anilines is 4. The zero-order valence-corrected chi connectivity index (χ0v) is 40.4. The van der Waals surface area contributed by atoms with E-state index in [0.717, 1.165) is 90.0 Å². The number of aromatic nitrogens is 2. The number of rotatable bonds is 10. The summed E-state index contributed by atoms with van der Waals surface area (Å²) in [6.45, 7) is 20.5. The molecular weight excluding hydrogens is 843 g/mol. The van der Waals surface area contributed by atoms with Crippen molar-refractivity contribution in [3.63, 3.8) is 0 Å². The molecule has 68 heavy (non-hydrogen) atoms. The minimum atomic E-state index is -0.587. The van der Waals surface area contributed by atoms with Crippen LogP contribution in [0.1, 0.15) is 102 Å². The molecular formula is C61H58F2N4O. The van der Waals surface area contributed by atoms with Crippen molar-refractivity contribution in [2.45, 2.75) is 85.5 Å². The number of pyridine rings is 1. The zero-order chi connectivity index (χ0) is 47.6. The molecule has 0 N–H and O–H groups in total. The van der Waals surface area contributed by atoms with Crippen molar-refractivity contribution in [1.29, 1.82) is 0 Å². The first-order valence-electron chi connectivity index (χ1n) is 23.8. The predicted molar refractivity (Wildman–Crippen MR) is 279 cm³/mol. The second-order valence-electron chi connectivity index (χ2n) is 20.2. The third-order valence-electron chi connectivity index (χ3n) is 13.5. The summed E-state index contributed by atoms with van der Waals surface area (Å²) in [5, 5.41) is 2.28. The molecule has 0 fully saturated rings. The van der Waals surface area contributed by atoms with Crippen LogP contribution in [0.2, 0.25) is 0 Å². The first-order valence-corrected chi connectivity index (χ1v) is 23.8. The topological polar surface area (TPSA) is 33.5 Å². The highest BCUT2D eigenvalue weighted by Gasteiger charge is 2.34. The van der Waals surface area contributed by atoms with Crippen molar-refractivity contribution in [3.8, 4) is 39.6 Å². The molecule has 0 atom stereocenters. The van der Waals surface area contributed by atoms with Gasteiger partial charge in [-0.25, -0.2) is 13.8 Å². The van der Waals surface area contributed by atoms with Crippen molar-refractivity contribution >= 4 is 44.6 Å². The van der Waals surface area contributed by atoms with Gasteiger partial charge in [-0.3, -0.25) is 4.57 Å². The van der Waals surface area contributed by atoms with Gasteiger partial charge in [-0.2, -0.15) is 0 Å². The van der Waals surface area contributed by atoms with Gasteiger partial charge in [0.2, 0.25) is 0 Å². The fraction of sp³-hybridized carbons (Fsp3) is 0.230. The summed E-state index contributed by atoms with van der Waals surface area (Å²) < 4.78 is 38.9. The minimum Gasteiger partial charge on any atom is -0.457 e. The fourth-order valence-electron chi connectivity index (χ4n) is 9.81. The Balaban J connectivity index is 1.14. The van der Waals surface area contributed by atoms with E-state index in [2.05, 4.69) is 192 Å². The van der Waals surface area contributed by atoms with Gasteiger partial charge in [0.15, 0.2) is 0 Å². The van der Waals surface area contributed by atoms with Crippen LogP contribution in [0.25, 0.3) is 49.9 Å². The molecule has 3 heterocycles. The van der Waals surface area contributed by atoms with Gasteiger partial charge >= 0.3 is 0 Å². The summed E-state index contributed by atoms with van der Waals surface area (Å²) in [7, 11) is 0. The number of halogens is 2. The van der Waals surface area contributed by atoms with Crippen molar-refractivity contribution in [1.82, 2.24) is 9.55 Å². The summed E-state index contributed by atoms with van der Waals surface area (Å²) in [5.74, 6) is 1.63. The van der Waals surface area contributed by atoms with Crippen LogP contribution in [0.3, 0.4) is 0 Å². The number of benzene rings is 7. The Kier molecular flexibility index (Phi) is 11.4. The van der Waals surface area contributed by atoms with E-state index in [4.69, 9.17) is 9.72 Å². The Morgan fingerprint density at radius 2 is 1.31 bits per heavy atom. The maximum atomic E-state index is 15.5. The van der Waals surface area contributed by atoms with Gasteiger partial charge in [0.1, 0.15) is 35.6 Å². The second-order valence-corrected chi connectivity index (χ2v) is 20.2. The van der Waals surface area contributed by atoms with Crippen LogP contribution in [0.4, 0.5) is 31.5 Å². The summed E-state index contributed by atoms with van der Waals surface area (Å²) in [6, 6.07) is 51.1. The van der Waals surface area contributed by atoms with E-state index >= 15 is 4.39 Å². The Morgan fingerprint density at radius 1 is 0.559 bits per heavy atom. The molecule has 0 bridgehead atoms. The van der Waals surface area contributed by atoms with Crippen LogP contribution in [0.5, 0.6) is 11.5 Å². The number of para-hydroxylation sites is 1. The molecule has 0 spiro atoms. The molecule has 10 rings (SSSR count). The van der Waals surface area contributed by atoms with Gasteiger partial charge in [-0.05, 0) is 141 Å². The van der Waals surface area contributed by atoms with Gasteiger partial charge in [0.25, 0.3) is 0 Å². The van der Waals surface area contributed by atoms with Gasteiger partial charge in [0.05, 0.1) is 22.4 Å². The molecule has 342 valence electrons.